The third-order valence-electron chi connectivity index (χ3n) is 4.78. The van der Waals surface area contributed by atoms with Crippen molar-refractivity contribution >= 4 is 11.6 Å². The Bertz CT molecular complexity index is 1190. The quantitative estimate of drug-likeness (QED) is 0.667. The number of hydrogen-bond acceptors (Lipinski definition) is 4. The van der Waals surface area contributed by atoms with Crippen LogP contribution in [0.3, 0.4) is 0 Å². The standard InChI is InChI=1S/C21H22F3N5O2/c1-5-17-14(4)25-20(29-13(3)9-12(2)27-29)28(19(17)31)11-18(30)26-16-8-6-7-15(10-16)21(22,23)24/h6-10H,5,11H2,1-4H3,(H,26,30). The topological polar surface area (TPSA) is 81.8 Å². The second-order valence-electron chi connectivity index (χ2n) is 7.19. The maximum atomic E-state index is 13.1. The van der Waals surface area contributed by atoms with Gasteiger partial charge in [-0.15, -0.1) is 0 Å². The van der Waals surface area contributed by atoms with Crippen LogP contribution in [0.5, 0.6) is 0 Å². The Labute approximate surface area is 176 Å². The molecule has 0 bridgehead atoms. The van der Waals surface area contributed by atoms with Gasteiger partial charge >= 0.3 is 6.18 Å². The van der Waals surface area contributed by atoms with Crippen LogP contribution in [0.4, 0.5) is 18.9 Å². The lowest BCUT2D eigenvalue weighted by atomic mass is 10.2. The van der Waals surface area contributed by atoms with Crippen molar-refractivity contribution in [3.05, 3.63) is 68.9 Å². The lowest BCUT2D eigenvalue weighted by molar-refractivity contribution is -0.137. The van der Waals surface area contributed by atoms with Crippen LogP contribution in [0.25, 0.3) is 5.95 Å². The zero-order valence-electron chi connectivity index (χ0n) is 17.5. The molecule has 2 heterocycles. The number of aromatic nitrogens is 4. The molecule has 1 amide bonds. The third kappa shape index (κ3) is 4.68. The fourth-order valence-corrected chi connectivity index (χ4v) is 3.35. The van der Waals surface area contributed by atoms with Crippen LogP contribution < -0.4 is 10.9 Å². The maximum Gasteiger partial charge on any atom is 0.416 e. The molecule has 7 nitrogen and oxygen atoms in total. The normalized spacial score (nSPS) is 11.6. The maximum absolute atomic E-state index is 13.1. The summed E-state index contributed by atoms with van der Waals surface area (Å²) in [6, 6.07) is 6.12. The van der Waals surface area contributed by atoms with Gasteiger partial charge in [-0.2, -0.15) is 18.3 Å². The van der Waals surface area contributed by atoms with Crippen LogP contribution >= 0.6 is 0 Å². The number of nitrogens with one attached hydrogen (secondary N) is 1. The van der Waals surface area contributed by atoms with Gasteiger partial charge in [0.1, 0.15) is 6.54 Å². The second kappa shape index (κ2) is 8.37. The summed E-state index contributed by atoms with van der Waals surface area (Å²) in [5, 5.41) is 6.77. The Balaban J connectivity index is 2.00. The van der Waals surface area contributed by atoms with Crippen LogP contribution in [0.2, 0.25) is 0 Å². The van der Waals surface area contributed by atoms with Gasteiger partial charge in [0.2, 0.25) is 11.9 Å². The molecule has 0 saturated carbocycles. The molecule has 0 spiro atoms. The van der Waals surface area contributed by atoms with E-state index >= 15 is 0 Å². The van der Waals surface area contributed by atoms with Crippen LogP contribution in [0.1, 0.15) is 35.1 Å². The minimum absolute atomic E-state index is 0.0173. The lowest BCUT2D eigenvalue weighted by Gasteiger charge is -2.16. The molecule has 3 rings (SSSR count). The molecule has 0 radical (unpaired) electrons. The van der Waals surface area contributed by atoms with E-state index in [0.29, 0.717) is 23.4 Å². The molecule has 0 aliphatic heterocycles. The first-order valence-corrected chi connectivity index (χ1v) is 9.62. The molecular weight excluding hydrogens is 411 g/mol. The van der Waals surface area contributed by atoms with Crippen molar-refractivity contribution in [2.75, 3.05) is 5.32 Å². The fraction of sp³-hybridized carbons (Fsp3) is 0.333. The molecule has 164 valence electrons. The predicted molar refractivity (Wildman–Crippen MR) is 109 cm³/mol. The first kappa shape index (κ1) is 22.3. The molecule has 0 unspecified atom stereocenters. The minimum Gasteiger partial charge on any atom is -0.325 e. The highest BCUT2D eigenvalue weighted by atomic mass is 19.4. The number of rotatable bonds is 5. The van der Waals surface area contributed by atoms with Gasteiger partial charge in [0.05, 0.1) is 17.0 Å². The molecular formula is C21H22F3N5O2. The van der Waals surface area contributed by atoms with Crippen LogP contribution in [-0.2, 0) is 23.9 Å². The number of alkyl halides is 3. The summed E-state index contributed by atoms with van der Waals surface area (Å²) in [5.74, 6) is -0.485. The van der Waals surface area contributed by atoms with E-state index in [1.54, 1.807) is 27.7 Å². The van der Waals surface area contributed by atoms with Gasteiger partial charge in [0.25, 0.3) is 5.56 Å². The highest BCUT2D eigenvalue weighted by Gasteiger charge is 2.30. The van der Waals surface area contributed by atoms with E-state index in [1.165, 1.54) is 21.4 Å². The molecule has 0 aliphatic rings. The van der Waals surface area contributed by atoms with Crippen molar-refractivity contribution in [1.29, 1.82) is 0 Å². The van der Waals surface area contributed by atoms with E-state index in [4.69, 9.17) is 0 Å². The summed E-state index contributed by atoms with van der Waals surface area (Å²) in [5.41, 5.74) is 1.13. The van der Waals surface area contributed by atoms with Crippen molar-refractivity contribution in [2.24, 2.45) is 0 Å². The number of aryl methyl sites for hydroxylation is 3. The van der Waals surface area contributed by atoms with E-state index in [-0.39, 0.29) is 11.6 Å². The molecule has 0 saturated heterocycles. The van der Waals surface area contributed by atoms with Crippen molar-refractivity contribution in [2.45, 2.75) is 46.8 Å². The molecule has 3 aromatic rings. The number of carbonyl (C=O) groups is 1. The summed E-state index contributed by atoms with van der Waals surface area (Å²) in [6.07, 6.45) is -4.11. The van der Waals surface area contributed by atoms with E-state index in [9.17, 15) is 22.8 Å². The Kier molecular flexibility index (Phi) is 6.01. The average Bonchev–Trinajstić information content (AvgIpc) is 3.01. The van der Waals surface area contributed by atoms with E-state index in [1.807, 2.05) is 6.07 Å². The van der Waals surface area contributed by atoms with Crippen molar-refractivity contribution in [3.8, 4) is 5.95 Å². The fourth-order valence-electron chi connectivity index (χ4n) is 3.35. The minimum atomic E-state index is -4.53. The summed E-state index contributed by atoms with van der Waals surface area (Å²) < 4.78 is 41.5. The van der Waals surface area contributed by atoms with Gasteiger partial charge in [-0.1, -0.05) is 13.0 Å². The zero-order chi connectivity index (χ0) is 22.9. The van der Waals surface area contributed by atoms with E-state index < -0.39 is 29.8 Å². The highest BCUT2D eigenvalue weighted by molar-refractivity contribution is 5.90. The Hall–Kier alpha value is -3.43. The number of nitrogens with zero attached hydrogens (tertiary/aromatic N) is 4. The Morgan fingerprint density at radius 3 is 2.45 bits per heavy atom. The number of benzene rings is 1. The van der Waals surface area contributed by atoms with Crippen LogP contribution in [0, 0.1) is 20.8 Å². The van der Waals surface area contributed by atoms with Crippen molar-refractivity contribution < 1.29 is 18.0 Å². The summed E-state index contributed by atoms with van der Waals surface area (Å²) in [7, 11) is 0. The van der Waals surface area contributed by atoms with Gasteiger partial charge in [-0.05, 0) is 51.5 Å². The first-order valence-electron chi connectivity index (χ1n) is 9.62. The van der Waals surface area contributed by atoms with E-state index in [0.717, 1.165) is 17.8 Å². The monoisotopic (exact) mass is 433 g/mol. The molecule has 0 atom stereocenters. The summed E-state index contributed by atoms with van der Waals surface area (Å²) in [6.45, 7) is 6.68. The van der Waals surface area contributed by atoms with E-state index in [2.05, 4.69) is 15.4 Å². The van der Waals surface area contributed by atoms with Crippen molar-refractivity contribution in [3.63, 3.8) is 0 Å². The zero-order valence-corrected chi connectivity index (χ0v) is 17.5. The van der Waals surface area contributed by atoms with Gasteiger partial charge in [-0.25, -0.2) is 9.67 Å². The van der Waals surface area contributed by atoms with Gasteiger partial charge in [0.15, 0.2) is 0 Å². The second-order valence-corrected chi connectivity index (χ2v) is 7.19. The van der Waals surface area contributed by atoms with Crippen LogP contribution in [-0.4, -0.2) is 25.2 Å². The predicted octanol–water partition coefficient (Wildman–Crippen LogP) is 3.57. The SMILES string of the molecule is CCc1c(C)nc(-n2nc(C)cc2C)n(CC(=O)Nc2cccc(C(F)(F)F)c2)c1=O. The molecule has 0 fully saturated rings. The Morgan fingerprint density at radius 2 is 1.87 bits per heavy atom. The van der Waals surface area contributed by atoms with Crippen molar-refractivity contribution in [1.82, 2.24) is 19.3 Å². The number of halogens is 3. The number of amides is 1. The molecule has 31 heavy (non-hydrogen) atoms. The summed E-state index contributed by atoms with van der Waals surface area (Å²) >= 11 is 0. The first-order chi connectivity index (χ1) is 14.5. The molecule has 2 aromatic heterocycles. The Morgan fingerprint density at radius 1 is 1.16 bits per heavy atom. The van der Waals surface area contributed by atoms with Gasteiger partial charge < -0.3 is 5.32 Å². The number of anilines is 1. The largest absolute Gasteiger partial charge is 0.416 e. The molecule has 1 aromatic carbocycles. The average molecular weight is 433 g/mol. The molecule has 0 aliphatic carbocycles. The number of carbonyl (C=O) groups excluding carboxylic acids is 1. The molecule has 10 heteroatoms. The third-order valence-corrected chi connectivity index (χ3v) is 4.78. The van der Waals surface area contributed by atoms with Gasteiger partial charge in [-0.3, -0.25) is 14.2 Å². The van der Waals surface area contributed by atoms with Crippen LogP contribution in [0.15, 0.2) is 35.1 Å². The lowest BCUT2D eigenvalue weighted by Crippen LogP contribution is -2.34. The molecule has 1 N–H and O–H groups in total. The summed E-state index contributed by atoms with van der Waals surface area (Å²) in [4.78, 5) is 30.2. The van der Waals surface area contributed by atoms with Gasteiger partial charge in [0, 0.05) is 16.9 Å². The number of hydrogen-bond donors (Lipinski definition) is 1. The smallest absolute Gasteiger partial charge is 0.325 e. The highest BCUT2D eigenvalue weighted by Crippen LogP contribution is 2.30.